The third-order valence-electron chi connectivity index (χ3n) is 7.52. The van der Waals surface area contributed by atoms with E-state index in [1.54, 1.807) is 0 Å². The second-order valence-corrected chi connectivity index (χ2v) is 11.7. The molecule has 0 aromatic carbocycles. The number of carbonyl (C=O) groups excluding carboxylic acids is 2. The van der Waals surface area contributed by atoms with Gasteiger partial charge < -0.3 is 15.2 Å². The number of carboxylic acid groups (broad SMARTS) is 1. The number of rotatable bonds is 31. The van der Waals surface area contributed by atoms with Crippen LogP contribution in [0, 0.1) is 0 Å². The molecule has 1 unspecified atom stereocenters. The van der Waals surface area contributed by atoms with Crippen LogP contribution < -0.4 is 5.32 Å². The number of allylic oxidation sites excluding steroid dienone is 8. The van der Waals surface area contributed by atoms with Crippen LogP contribution in [0.3, 0.4) is 0 Å². The van der Waals surface area contributed by atoms with E-state index in [1.165, 1.54) is 44.9 Å². The first-order valence-corrected chi connectivity index (χ1v) is 17.8. The minimum absolute atomic E-state index is 0.0463. The highest BCUT2D eigenvalue weighted by atomic mass is 16.5. The fraction of sp³-hybridized carbons (Fsp3) is 0.711. The van der Waals surface area contributed by atoms with Crippen LogP contribution in [-0.4, -0.2) is 35.6 Å². The monoisotopic (exact) mass is 615 g/mol. The van der Waals surface area contributed by atoms with Crippen molar-refractivity contribution < 1.29 is 24.2 Å². The molecule has 1 amide bonds. The van der Waals surface area contributed by atoms with Crippen molar-refractivity contribution in [2.75, 3.05) is 6.54 Å². The van der Waals surface area contributed by atoms with E-state index in [-0.39, 0.29) is 24.5 Å². The molecule has 0 aliphatic carbocycles. The lowest BCUT2D eigenvalue weighted by atomic mass is 10.0. The molecule has 0 heterocycles. The minimum atomic E-state index is -1.02. The molecule has 0 aromatic rings. The number of hydrogen-bond acceptors (Lipinski definition) is 4. The summed E-state index contributed by atoms with van der Waals surface area (Å²) in [5.74, 6) is -1.29. The van der Waals surface area contributed by atoms with Gasteiger partial charge in [-0.1, -0.05) is 133 Å². The second-order valence-electron chi connectivity index (χ2n) is 11.7. The standard InChI is InChI=1S/C38H65NO5/c1-3-5-7-9-11-13-14-15-16-18-19-22-26-30-35(31-27-23-21-24-28-32-36(40)39-34-37(41)42)44-38(43)33-29-25-20-17-12-10-8-6-4-2/h5,7,11,13,15-16,19,22,35H,3-4,6,8-10,12,14,17-18,20-21,23-34H2,1-2H3,(H,39,40)(H,41,42)/b7-5-,13-11-,16-15-,22-19-. The van der Waals surface area contributed by atoms with Crippen molar-refractivity contribution in [3.8, 4) is 0 Å². The molecule has 44 heavy (non-hydrogen) atoms. The summed E-state index contributed by atoms with van der Waals surface area (Å²) in [7, 11) is 0. The molecule has 0 aliphatic heterocycles. The number of hydrogen-bond donors (Lipinski definition) is 2. The molecule has 0 bridgehead atoms. The highest BCUT2D eigenvalue weighted by molar-refractivity contribution is 5.80. The Balaban J connectivity index is 4.35. The zero-order chi connectivity index (χ0) is 32.4. The van der Waals surface area contributed by atoms with Gasteiger partial charge in [-0.05, 0) is 64.2 Å². The molecule has 0 spiro atoms. The second kappa shape index (κ2) is 33.3. The van der Waals surface area contributed by atoms with Crippen LogP contribution in [0.25, 0.3) is 0 Å². The molecule has 6 heteroatoms. The quantitative estimate of drug-likeness (QED) is 0.0460. The van der Waals surface area contributed by atoms with E-state index in [4.69, 9.17) is 9.84 Å². The average molecular weight is 616 g/mol. The Morgan fingerprint density at radius 3 is 1.68 bits per heavy atom. The Morgan fingerprint density at radius 2 is 1.11 bits per heavy atom. The Labute approximate surface area is 269 Å². The molecule has 0 fully saturated rings. The fourth-order valence-electron chi connectivity index (χ4n) is 4.92. The minimum Gasteiger partial charge on any atom is -0.480 e. The van der Waals surface area contributed by atoms with Crippen molar-refractivity contribution in [1.29, 1.82) is 0 Å². The van der Waals surface area contributed by atoms with Gasteiger partial charge in [0, 0.05) is 12.8 Å². The third-order valence-corrected chi connectivity index (χ3v) is 7.52. The molecule has 0 aliphatic rings. The van der Waals surface area contributed by atoms with E-state index in [9.17, 15) is 14.4 Å². The summed E-state index contributed by atoms with van der Waals surface area (Å²) in [5.41, 5.74) is 0. The summed E-state index contributed by atoms with van der Waals surface area (Å²) in [6.45, 7) is 4.07. The van der Waals surface area contributed by atoms with Gasteiger partial charge in [0.05, 0.1) is 0 Å². The number of carboxylic acids is 1. The first-order chi connectivity index (χ1) is 21.5. The Hall–Kier alpha value is -2.63. The van der Waals surface area contributed by atoms with Crippen LogP contribution >= 0.6 is 0 Å². The number of carbonyl (C=O) groups is 3. The van der Waals surface area contributed by atoms with Crippen molar-refractivity contribution in [2.24, 2.45) is 0 Å². The zero-order valence-corrected chi connectivity index (χ0v) is 28.2. The molecule has 0 aromatic heterocycles. The highest BCUT2D eigenvalue weighted by Crippen LogP contribution is 2.17. The highest BCUT2D eigenvalue weighted by Gasteiger charge is 2.14. The van der Waals surface area contributed by atoms with Gasteiger partial charge in [-0.2, -0.15) is 0 Å². The number of nitrogens with one attached hydrogen (secondary N) is 1. The van der Waals surface area contributed by atoms with Crippen molar-refractivity contribution in [3.05, 3.63) is 48.6 Å². The van der Waals surface area contributed by atoms with E-state index in [0.717, 1.165) is 89.9 Å². The van der Waals surface area contributed by atoms with Gasteiger partial charge in [0.1, 0.15) is 12.6 Å². The van der Waals surface area contributed by atoms with Gasteiger partial charge in [0.2, 0.25) is 5.91 Å². The topological polar surface area (TPSA) is 92.7 Å². The number of ether oxygens (including phenoxy) is 1. The summed E-state index contributed by atoms with van der Waals surface area (Å²) < 4.78 is 5.93. The Morgan fingerprint density at radius 1 is 0.614 bits per heavy atom. The van der Waals surface area contributed by atoms with Crippen LogP contribution in [0.15, 0.2) is 48.6 Å². The van der Waals surface area contributed by atoms with Crippen molar-refractivity contribution in [1.82, 2.24) is 5.32 Å². The summed E-state index contributed by atoms with van der Waals surface area (Å²) in [5, 5.41) is 11.0. The van der Waals surface area contributed by atoms with Crippen LogP contribution in [0.4, 0.5) is 0 Å². The van der Waals surface area contributed by atoms with Crippen LogP contribution in [0.1, 0.15) is 162 Å². The molecule has 0 saturated heterocycles. The predicted molar refractivity (Wildman–Crippen MR) is 185 cm³/mol. The van der Waals surface area contributed by atoms with E-state index < -0.39 is 5.97 Å². The largest absolute Gasteiger partial charge is 0.480 e. The fourth-order valence-corrected chi connectivity index (χ4v) is 4.92. The Kier molecular flexibility index (Phi) is 31.3. The molecule has 0 saturated carbocycles. The molecular weight excluding hydrogens is 550 g/mol. The van der Waals surface area contributed by atoms with Crippen LogP contribution in [0.2, 0.25) is 0 Å². The summed E-state index contributed by atoms with van der Waals surface area (Å²) >= 11 is 0. The van der Waals surface area contributed by atoms with Crippen molar-refractivity contribution >= 4 is 17.8 Å². The van der Waals surface area contributed by atoms with E-state index >= 15 is 0 Å². The van der Waals surface area contributed by atoms with Crippen molar-refractivity contribution in [3.63, 3.8) is 0 Å². The predicted octanol–water partition coefficient (Wildman–Crippen LogP) is 10.3. The SMILES string of the molecule is CC/C=C\C/C=C\C/C=C\C/C=C\CCC(CCCCCCCC(=O)NCC(=O)O)OC(=O)CCCCCCCCCCC. The maximum Gasteiger partial charge on any atom is 0.322 e. The van der Waals surface area contributed by atoms with Crippen LogP contribution in [0.5, 0.6) is 0 Å². The Bertz CT molecular complexity index is 814. The third kappa shape index (κ3) is 32.3. The first-order valence-electron chi connectivity index (χ1n) is 17.8. The number of esters is 1. The molecule has 0 rings (SSSR count). The molecule has 1 atom stereocenters. The van der Waals surface area contributed by atoms with Gasteiger partial charge in [-0.3, -0.25) is 14.4 Å². The maximum absolute atomic E-state index is 12.6. The zero-order valence-electron chi connectivity index (χ0n) is 28.2. The van der Waals surface area contributed by atoms with Gasteiger partial charge in [0.25, 0.3) is 0 Å². The van der Waals surface area contributed by atoms with Gasteiger partial charge in [-0.25, -0.2) is 0 Å². The van der Waals surface area contributed by atoms with E-state index in [0.29, 0.717) is 12.8 Å². The maximum atomic E-state index is 12.6. The average Bonchev–Trinajstić information content (AvgIpc) is 3.00. The smallest absolute Gasteiger partial charge is 0.322 e. The molecule has 252 valence electrons. The molecule has 6 nitrogen and oxygen atoms in total. The van der Waals surface area contributed by atoms with Gasteiger partial charge in [0.15, 0.2) is 0 Å². The van der Waals surface area contributed by atoms with Gasteiger partial charge in [-0.15, -0.1) is 0 Å². The summed E-state index contributed by atoms with van der Waals surface area (Å²) in [6.07, 6.45) is 40.8. The summed E-state index contributed by atoms with van der Waals surface area (Å²) in [4.78, 5) is 34.8. The first kappa shape index (κ1) is 41.4. The van der Waals surface area contributed by atoms with E-state index in [2.05, 4.69) is 67.8 Å². The number of unbranched alkanes of at least 4 members (excludes halogenated alkanes) is 12. The normalized spacial score (nSPS) is 12.6. The van der Waals surface area contributed by atoms with Gasteiger partial charge >= 0.3 is 11.9 Å². The van der Waals surface area contributed by atoms with Crippen LogP contribution in [-0.2, 0) is 19.1 Å². The molecule has 2 N–H and O–H groups in total. The van der Waals surface area contributed by atoms with E-state index in [1.807, 2.05) is 0 Å². The van der Waals surface area contributed by atoms with Crippen molar-refractivity contribution in [2.45, 2.75) is 168 Å². The molecule has 0 radical (unpaired) electrons. The summed E-state index contributed by atoms with van der Waals surface area (Å²) in [6, 6.07) is 0. The lowest BCUT2D eigenvalue weighted by molar-refractivity contribution is -0.150. The molecular formula is C38H65NO5. The lowest BCUT2D eigenvalue weighted by Crippen LogP contribution is -2.28. The number of aliphatic carboxylic acids is 1. The number of amides is 1. The lowest BCUT2D eigenvalue weighted by Gasteiger charge is -2.17.